The molecule has 0 unspecified atom stereocenters. The van der Waals surface area contributed by atoms with Gasteiger partial charge in [0.05, 0.1) is 6.61 Å². The van der Waals surface area contributed by atoms with Crippen LogP contribution in [0, 0.1) is 0 Å². The molecule has 1 rings (SSSR count). The summed E-state index contributed by atoms with van der Waals surface area (Å²) in [6.45, 7) is 3.21. The van der Waals surface area contributed by atoms with Gasteiger partial charge in [0.25, 0.3) is 0 Å². The molecule has 0 saturated carbocycles. The van der Waals surface area contributed by atoms with Crippen LogP contribution in [0.15, 0.2) is 0 Å². The molecule has 1 aliphatic heterocycles. The van der Waals surface area contributed by atoms with Crippen molar-refractivity contribution in [3.63, 3.8) is 0 Å². The van der Waals surface area contributed by atoms with Crippen LogP contribution in [0.25, 0.3) is 0 Å². The molecule has 1 heterocycles. The predicted molar refractivity (Wildman–Crippen MR) is 82.9 cm³/mol. The van der Waals surface area contributed by atoms with E-state index in [4.69, 9.17) is 10.5 Å². The second-order valence-corrected chi connectivity index (χ2v) is 5.83. The number of likely N-dealkylation sites (tertiary alicyclic amines) is 1. The Morgan fingerprint density at radius 1 is 1.10 bits per heavy atom. The summed E-state index contributed by atoms with van der Waals surface area (Å²) < 4.78 is 5.34. The Morgan fingerprint density at radius 3 is 2.52 bits per heavy atom. The van der Waals surface area contributed by atoms with Crippen LogP contribution in [-0.4, -0.2) is 36.1 Å². The third-order valence-corrected chi connectivity index (χ3v) is 4.05. The molecular weight excluding hydrogens is 268 g/mol. The van der Waals surface area contributed by atoms with E-state index in [1.165, 1.54) is 30.6 Å². The molecule has 1 fully saturated rings. The Kier molecular flexibility index (Phi) is 8.87. The van der Waals surface area contributed by atoms with Gasteiger partial charge in [0.2, 0.25) is 0 Å². The maximum atomic E-state index is 12.1. The second kappa shape index (κ2) is 10.5. The van der Waals surface area contributed by atoms with Gasteiger partial charge in [-0.15, -0.1) is 0 Å². The quantitative estimate of drug-likeness (QED) is 0.552. The van der Waals surface area contributed by atoms with Crippen molar-refractivity contribution in [1.29, 1.82) is 0 Å². The fraction of sp³-hybridized carbons (Fsp3) is 0.875. The standard InChI is InChI=1S/C16H30N2O3/c1-2-3-4-5-6-10-13-21-15(19)14-11-8-7-9-12-18(14)16(17)20/h14H,2-13H2,1H3,(H2,17,20)/t14-/m0/s1. The van der Waals surface area contributed by atoms with E-state index in [0.717, 1.165) is 32.1 Å². The Bertz CT molecular complexity index is 321. The summed E-state index contributed by atoms with van der Waals surface area (Å²) in [6.07, 6.45) is 10.5. The number of nitrogens with two attached hydrogens (primary N) is 1. The van der Waals surface area contributed by atoms with Gasteiger partial charge in [0.15, 0.2) is 0 Å². The largest absolute Gasteiger partial charge is 0.464 e. The molecule has 2 amide bonds. The highest BCUT2D eigenvalue weighted by molar-refractivity contribution is 5.82. The summed E-state index contributed by atoms with van der Waals surface area (Å²) in [5, 5.41) is 0. The summed E-state index contributed by atoms with van der Waals surface area (Å²) in [6, 6.07) is -0.997. The Morgan fingerprint density at radius 2 is 1.81 bits per heavy atom. The number of nitrogens with zero attached hydrogens (tertiary/aromatic N) is 1. The summed E-state index contributed by atoms with van der Waals surface area (Å²) in [4.78, 5) is 25.0. The highest BCUT2D eigenvalue weighted by Crippen LogP contribution is 2.18. The number of ether oxygens (including phenoxy) is 1. The van der Waals surface area contributed by atoms with Crippen molar-refractivity contribution in [2.45, 2.75) is 77.2 Å². The molecule has 122 valence electrons. The van der Waals surface area contributed by atoms with Crippen LogP contribution >= 0.6 is 0 Å². The van der Waals surface area contributed by atoms with E-state index in [9.17, 15) is 9.59 Å². The summed E-state index contributed by atoms with van der Waals surface area (Å²) in [5.74, 6) is -0.288. The zero-order chi connectivity index (χ0) is 15.5. The minimum Gasteiger partial charge on any atom is -0.464 e. The van der Waals surface area contributed by atoms with Crippen molar-refractivity contribution in [2.24, 2.45) is 5.73 Å². The van der Waals surface area contributed by atoms with Crippen molar-refractivity contribution in [3.05, 3.63) is 0 Å². The lowest BCUT2D eigenvalue weighted by atomic mass is 10.1. The highest BCUT2D eigenvalue weighted by atomic mass is 16.5. The van der Waals surface area contributed by atoms with Crippen LogP contribution in [0.4, 0.5) is 4.79 Å². The third-order valence-electron chi connectivity index (χ3n) is 4.05. The van der Waals surface area contributed by atoms with Gasteiger partial charge in [-0.25, -0.2) is 9.59 Å². The molecule has 5 nitrogen and oxygen atoms in total. The van der Waals surface area contributed by atoms with Crippen molar-refractivity contribution in [2.75, 3.05) is 13.2 Å². The maximum absolute atomic E-state index is 12.1. The molecule has 0 aliphatic carbocycles. The van der Waals surface area contributed by atoms with Crippen LogP contribution in [0.5, 0.6) is 0 Å². The third kappa shape index (κ3) is 6.82. The van der Waals surface area contributed by atoms with E-state index in [2.05, 4.69) is 6.92 Å². The lowest BCUT2D eigenvalue weighted by molar-refractivity contribution is -0.149. The number of urea groups is 1. The van der Waals surface area contributed by atoms with E-state index in [1.54, 1.807) is 0 Å². The first-order valence-corrected chi connectivity index (χ1v) is 8.39. The monoisotopic (exact) mass is 298 g/mol. The van der Waals surface area contributed by atoms with E-state index in [-0.39, 0.29) is 5.97 Å². The average molecular weight is 298 g/mol. The normalized spacial score (nSPS) is 19.1. The number of rotatable bonds is 8. The molecule has 1 atom stereocenters. The van der Waals surface area contributed by atoms with Crippen LogP contribution in [0.1, 0.15) is 71.1 Å². The summed E-state index contributed by atoms with van der Waals surface area (Å²) >= 11 is 0. The van der Waals surface area contributed by atoms with Gasteiger partial charge < -0.3 is 15.4 Å². The zero-order valence-corrected chi connectivity index (χ0v) is 13.3. The molecule has 1 saturated heterocycles. The van der Waals surface area contributed by atoms with Gasteiger partial charge in [0.1, 0.15) is 6.04 Å². The molecule has 5 heteroatoms. The smallest absolute Gasteiger partial charge is 0.328 e. The van der Waals surface area contributed by atoms with Crippen molar-refractivity contribution < 1.29 is 14.3 Å². The molecule has 1 aliphatic rings. The first-order chi connectivity index (χ1) is 10.2. The first kappa shape index (κ1) is 17.8. The first-order valence-electron chi connectivity index (χ1n) is 8.39. The fourth-order valence-corrected chi connectivity index (χ4v) is 2.77. The lowest BCUT2D eigenvalue weighted by Crippen LogP contribution is -2.48. The zero-order valence-electron chi connectivity index (χ0n) is 13.3. The van der Waals surface area contributed by atoms with E-state index in [0.29, 0.717) is 19.6 Å². The molecule has 0 aromatic heterocycles. The number of carbonyl (C=O) groups is 2. The van der Waals surface area contributed by atoms with Crippen LogP contribution in [-0.2, 0) is 9.53 Å². The number of carbonyl (C=O) groups excluding carboxylic acids is 2. The Labute approximate surface area is 128 Å². The van der Waals surface area contributed by atoms with E-state index >= 15 is 0 Å². The number of primary amides is 1. The van der Waals surface area contributed by atoms with Gasteiger partial charge in [-0.1, -0.05) is 51.9 Å². The van der Waals surface area contributed by atoms with Gasteiger partial charge in [-0.05, 0) is 19.3 Å². The minimum atomic E-state index is -0.515. The lowest BCUT2D eigenvalue weighted by Gasteiger charge is -2.26. The van der Waals surface area contributed by atoms with Gasteiger partial charge >= 0.3 is 12.0 Å². The van der Waals surface area contributed by atoms with Crippen molar-refractivity contribution in [3.8, 4) is 0 Å². The average Bonchev–Trinajstić information content (AvgIpc) is 2.72. The molecule has 0 bridgehead atoms. The summed E-state index contributed by atoms with van der Waals surface area (Å²) in [5.41, 5.74) is 5.37. The fourth-order valence-electron chi connectivity index (χ4n) is 2.77. The van der Waals surface area contributed by atoms with Crippen LogP contribution < -0.4 is 5.73 Å². The van der Waals surface area contributed by atoms with E-state index in [1.807, 2.05) is 0 Å². The number of hydrogen-bond donors (Lipinski definition) is 1. The number of esters is 1. The van der Waals surface area contributed by atoms with Crippen LogP contribution in [0.3, 0.4) is 0 Å². The molecular formula is C16H30N2O3. The van der Waals surface area contributed by atoms with Crippen LogP contribution in [0.2, 0.25) is 0 Å². The predicted octanol–water partition coefficient (Wildman–Crippen LogP) is 3.21. The molecule has 0 radical (unpaired) electrons. The molecule has 2 N–H and O–H groups in total. The summed E-state index contributed by atoms with van der Waals surface area (Å²) in [7, 11) is 0. The topological polar surface area (TPSA) is 72.6 Å². The number of unbranched alkanes of at least 4 members (excludes halogenated alkanes) is 5. The minimum absolute atomic E-state index is 0.288. The number of amides is 2. The molecule has 0 spiro atoms. The second-order valence-electron chi connectivity index (χ2n) is 5.83. The highest BCUT2D eigenvalue weighted by Gasteiger charge is 2.30. The van der Waals surface area contributed by atoms with Gasteiger partial charge in [-0.2, -0.15) is 0 Å². The Hall–Kier alpha value is -1.26. The van der Waals surface area contributed by atoms with Crippen molar-refractivity contribution in [1.82, 2.24) is 4.90 Å². The van der Waals surface area contributed by atoms with Crippen molar-refractivity contribution >= 4 is 12.0 Å². The SMILES string of the molecule is CCCCCCCCOC(=O)[C@@H]1CCCCCN1C(N)=O. The molecule has 0 aromatic rings. The molecule has 21 heavy (non-hydrogen) atoms. The Balaban J connectivity index is 2.26. The van der Waals surface area contributed by atoms with Gasteiger partial charge in [-0.3, -0.25) is 0 Å². The van der Waals surface area contributed by atoms with Gasteiger partial charge in [0, 0.05) is 6.54 Å². The maximum Gasteiger partial charge on any atom is 0.328 e. The van der Waals surface area contributed by atoms with E-state index < -0.39 is 12.1 Å². The number of hydrogen-bond acceptors (Lipinski definition) is 3. The molecule has 0 aromatic carbocycles.